The summed E-state index contributed by atoms with van der Waals surface area (Å²) in [7, 11) is 0. The molecular formula is C22H29N5. The normalized spacial score (nSPS) is 21.4. The quantitative estimate of drug-likeness (QED) is 0.823. The van der Waals surface area contributed by atoms with Crippen LogP contribution in [0.15, 0.2) is 30.7 Å². The molecule has 0 saturated heterocycles. The third kappa shape index (κ3) is 5.03. The van der Waals surface area contributed by atoms with Gasteiger partial charge in [-0.2, -0.15) is 5.26 Å². The van der Waals surface area contributed by atoms with E-state index in [1.54, 1.807) is 18.6 Å². The number of nitrogens with one attached hydrogen (secondary N) is 1. The van der Waals surface area contributed by atoms with E-state index in [-0.39, 0.29) is 0 Å². The van der Waals surface area contributed by atoms with E-state index in [0.717, 1.165) is 31.0 Å². The summed E-state index contributed by atoms with van der Waals surface area (Å²) in [5, 5.41) is 12.7. The van der Waals surface area contributed by atoms with Crippen molar-refractivity contribution in [2.75, 3.05) is 11.9 Å². The van der Waals surface area contributed by atoms with Crippen LogP contribution in [-0.2, 0) is 12.8 Å². The molecule has 0 spiro atoms. The topological polar surface area (TPSA) is 74.5 Å². The van der Waals surface area contributed by atoms with Crippen LogP contribution >= 0.6 is 0 Å². The second kappa shape index (κ2) is 8.47. The Hall–Kier alpha value is -2.48. The van der Waals surface area contributed by atoms with E-state index in [1.807, 2.05) is 12.1 Å². The number of hydrogen-bond donors (Lipinski definition) is 1. The van der Waals surface area contributed by atoms with Crippen LogP contribution in [0.3, 0.4) is 0 Å². The minimum absolute atomic E-state index is 0.356. The highest BCUT2D eigenvalue weighted by atomic mass is 15.1. The van der Waals surface area contributed by atoms with Crippen molar-refractivity contribution >= 4 is 5.95 Å². The van der Waals surface area contributed by atoms with Gasteiger partial charge in [0.15, 0.2) is 0 Å². The highest BCUT2D eigenvalue weighted by Crippen LogP contribution is 2.44. The van der Waals surface area contributed by atoms with Gasteiger partial charge in [0.25, 0.3) is 0 Å². The van der Waals surface area contributed by atoms with Gasteiger partial charge in [0.05, 0.1) is 17.5 Å². The lowest BCUT2D eigenvalue weighted by molar-refractivity contribution is 0.107. The van der Waals surface area contributed by atoms with Gasteiger partial charge in [-0.1, -0.05) is 20.8 Å². The predicted molar refractivity (Wildman–Crippen MR) is 107 cm³/mol. The summed E-state index contributed by atoms with van der Waals surface area (Å²) in [6.07, 6.45) is 10.7. The van der Waals surface area contributed by atoms with Crippen LogP contribution in [0.5, 0.6) is 0 Å². The standard InChI is InChI=1S/C22H29N5/c1-16-4-5-18(13-22(16,2)3)12-20-19(14-23)15-26-21(27-20)25-11-8-17-6-9-24-10-7-17/h6-7,9-10,15-16,18H,4-5,8,11-13H2,1-3H3,(H,25,26,27)/t16-,18-/m0/s1. The highest BCUT2D eigenvalue weighted by Gasteiger charge is 2.34. The SMILES string of the molecule is C[C@H]1CC[C@@H](Cc2nc(NCCc3ccncc3)ncc2C#N)CC1(C)C. The molecule has 1 aliphatic rings. The number of hydrogen-bond acceptors (Lipinski definition) is 5. The largest absolute Gasteiger partial charge is 0.354 e. The van der Waals surface area contributed by atoms with Gasteiger partial charge in [-0.3, -0.25) is 4.98 Å². The fourth-order valence-corrected chi connectivity index (χ4v) is 3.99. The molecule has 1 aliphatic carbocycles. The maximum absolute atomic E-state index is 9.45. The van der Waals surface area contributed by atoms with Gasteiger partial charge in [-0.15, -0.1) is 0 Å². The summed E-state index contributed by atoms with van der Waals surface area (Å²) < 4.78 is 0. The van der Waals surface area contributed by atoms with Gasteiger partial charge in [-0.05, 0) is 67.1 Å². The van der Waals surface area contributed by atoms with Crippen LogP contribution in [0.4, 0.5) is 5.95 Å². The van der Waals surface area contributed by atoms with E-state index in [9.17, 15) is 5.26 Å². The van der Waals surface area contributed by atoms with Crippen LogP contribution in [0.1, 0.15) is 56.9 Å². The van der Waals surface area contributed by atoms with E-state index < -0.39 is 0 Å². The summed E-state index contributed by atoms with van der Waals surface area (Å²) in [4.78, 5) is 13.0. The first kappa shape index (κ1) is 19.3. The Labute approximate surface area is 162 Å². The molecular weight excluding hydrogens is 334 g/mol. The van der Waals surface area contributed by atoms with Crippen molar-refractivity contribution in [2.45, 2.75) is 52.9 Å². The van der Waals surface area contributed by atoms with Crippen LogP contribution < -0.4 is 5.32 Å². The maximum atomic E-state index is 9.45. The summed E-state index contributed by atoms with van der Waals surface area (Å²) in [5.74, 6) is 1.95. The van der Waals surface area contributed by atoms with Gasteiger partial charge in [0.1, 0.15) is 6.07 Å². The van der Waals surface area contributed by atoms with Crippen molar-refractivity contribution in [3.8, 4) is 6.07 Å². The minimum atomic E-state index is 0.356. The average molecular weight is 364 g/mol. The first-order chi connectivity index (χ1) is 13.0. The molecule has 2 atom stereocenters. The summed E-state index contributed by atoms with van der Waals surface area (Å²) in [6.45, 7) is 7.83. The Morgan fingerprint density at radius 2 is 2.04 bits per heavy atom. The fourth-order valence-electron chi connectivity index (χ4n) is 3.99. The molecule has 27 heavy (non-hydrogen) atoms. The lowest BCUT2D eigenvalue weighted by atomic mass is 9.65. The lowest BCUT2D eigenvalue weighted by Crippen LogP contribution is -2.31. The smallest absolute Gasteiger partial charge is 0.222 e. The number of nitrogens with zero attached hydrogens (tertiary/aromatic N) is 4. The summed E-state index contributed by atoms with van der Waals surface area (Å²) in [5.41, 5.74) is 3.07. The molecule has 3 rings (SSSR count). The van der Waals surface area contributed by atoms with Gasteiger partial charge in [0, 0.05) is 18.9 Å². The second-order valence-corrected chi connectivity index (χ2v) is 8.44. The Bertz CT molecular complexity index is 794. The van der Waals surface area contributed by atoms with Crippen molar-refractivity contribution in [3.63, 3.8) is 0 Å². The zero-order valence-electron chi connectivity index (χ0n) is 16.6. The molecule has 1 N–H and O–H groups in total. The van der Waals surface area contributed by atoms with E-state index in [0.29, 0.717) is 22.8 Å². The Kier molecular flexibility index (Phi) is 6.05. The van der Waals surface area contributed by atoms with Crippen molar-refractivity contribution in [1.82, 2.24) is 15.0 Å². The zero-order chi connectivity index (χ0) is 19.3. The van der Waals surface area contributed by atoms with Crippen LogP contribution in [0.25, 0.3) is 0 Å². The third-order valence-electron chi connectivity index (χ3n) is 6.07. The van der Waals surface area contributed by atoms with Crippen molar-refractivity contribution in [2.24, 2.45) is 17.3 Å². The fraction of sp³-hybridized carbons (Fsp3) is 0.545. The number of nitriles is 1. The van der Waals surface area contributed by atoms with Gasteiger partial charge >= 0.3 is 0 Å². The average Bonchev–Trinajstić information content (AvgIpc) is 2.66. The molecule has 0 aliphatic heterocycles. The van der Waals surface area contributed by atoms with E-state index in [4.69, 9.17) is 0 Å². The molecule has 0 amide bonds. The first-order valence-corrected chi connectivity index (χ1v) is 9.86. The predicted octanol–water partition coefficient (Wildman–Crippen LogP) is 4.40. The van der Waals surface area contributed by atoms with Crippen LogP contribution in [0, 0.1) is 28.6 Å². The number of pyridine rings is 1. The maximum Gasteiger partial charge on any atom is 0.222 e. The second-order valence-electron chi connectivity index (χ2n) is 8.44. The molecule has 2 heterocycles. The van der Waals surface area contributed by atoms with Gasteiger partial charge in [0.2, 0.25) is 5.95 Å². The number of rotatable bonds is 6. The Morgan fingerprint density at radius 1 is 1.26 bits per heavy atom. The molecule has 0 unspecified atom stereocenters. The highest BCUT2D eigenvalue weighted by molar-refractivity contribution is 5.37. The molecule has 0 bridgehead atoms. The van der Waals surface area contributed by atoms with Gasteiger partial charge < -0.3 is 5.32 Å². The van der Waals surface area contributed by atoms with E-state index in [1.165, 1.54) is 24.8 Å². The molecule has 0 radical (unpaired) electrons. The number of aromatic nitrogens is 3. The van der Waals surface area contributed by atoms with Gasteiger partial charge in [-0.25, -0.2) is 9.97 Å². The van der Waals surface area contributed by atoms with Crippen LogP contribution in [-0.4, -0.2) is 21.5 Å². The zero-order valence-corrected chi connectivity index (χ0v) is 16.6. The Balaban J connectivity index is 1.64. The summed E-state index contributed by atoms with van der Waals surface area (Å²) >= 11 is 0. The lowest BCUT2D eigenvalue weighted by Gasteiger charge is -2.40. The van der Waals surface area contributed by atoms with Crippen LogP contribution in [0.2, 0.25) is 0 Å². The third-order valence-corrected chi connectivity index (χ3v) is 6.07. The van der Waals surface area contributed by atoms with E-state index in [2.05, 4.69) is 47.1 Å². The molecule has 5 heteroatoms. The minimum Gasteiger partial charge on any atom is -0.354 e. The van der Waals surface area contributed by atoms with E-state index >= 15 is 0 Å². The number of anilines is 1. The van der Waals surface area contributed by atoms with Crippen molar-refractivity contribution < 1.29 is 0 Å². The molecule has 2 aromatic rings. The van der Waals surface area contributed by atoms with Crippen molar-refractivity contribution in [3.05, 3.63) is 47.5 Å². The monoisotopic (exact) mass is 363 g/mol. The molecule has 0 aromatic carbocycles. The molecule has 142 valence electrons. The molecule has 2 aromatic heterocycles. The summed E-state index contributed by atoms with van der Waals surface area (Å²) in [6, 6.07) is 6.29. The molecule has 1 fully saturated rings. The molecule has 1 saturated carbocycles. The molecule has 5 nitrogen and oxygen atoms in total. The first-order valence-electron chi connectivity index (χ1n) is 9.86. The Morgan fingerprint density at radius 3 is 2.74 bits per heavy atom. The van der Waals surface area contributed by atoms with Crippen molar-refractivity contribution in [1.29, 1.82) is 5.26 Å².